The number of piperidine rings is 2. The fourth-order valence-electron chi connectivity index (χ4n) is 6.80. The van der Waals surface area contributed by atoms with E-state index in [0.29, 0.717) is 39.0 Å². The predicted molar refractivity (Wildman–Crippen MR) is 185 cm³/mol. The molecule has 0 aromatic carbocycles. The van der Waals surface area contributed by atoms with Crippen molar-refractivity contribution in [2.24, 2.45) is 35.5 Å². The minimum atomic E-state index is -0.808. The summed E-state index contributed by atoms with van der Waals surface area (Å²) >= 11 is 0. The lowest BCUT2D eigenvalue weighted by Crippen LogP contribution is -2.58. The highest BCUT2D eigenvalue weighted by atomic mass is 16.5. The maximum Gasteiger partial charge on any atom is 0.328 e. The summed E-state index contributed by atoms with van der Waals surface area (Å²) in [6, 6.07) is -3.18. The first-order valence-electron chi connectivity index (χ1n) is 17.7. The maximum absolute atomic E-state index is 13.2. The van der Waals surface area contributed by atoms with Crippen LogP contribution in [0.25, 0.3) is 0 Å². The van der Waals surface area contributed by atoms with Gasteiger partial charge in [0.05, 0.1) is 27.3 Å². The van der Waals surface area contributed by atoms with Crippen molar-refractivity contribution in [3.05, 3.63) is 0 Å². The van der Waals surface area contributed by atoms with Crippen molar-refractivity contribution >= 4 is 35.6 Å². The molecule has 0 aliphatic carbocycles. The Morgan fingerprint density at radius 2 is 0.898 bits per heavy atom. The van der Waals surface area contributed by atoms with Crippen molar-refractivity contribution in [3.8, 4) is 0 Å². The molecule has 2 rings (SSSR count). The Balaban J connectivity index is 1.96. The molecule has 0 aromatic heterocycles. The van der Waals surface area contributed by atoms with Gasteiger partial charge in [-0.15, -0.1) is 0 Å². The van der Waals surface area contributed by atoms with E-state index in [1.165, 1.54) is 14.2 Å². The van der Waals surface area contributed by atoms with Gasteiger partial charge in [0.1, 0.15) is 24.2 Å². The molecule has 4 atom stereocenters. The van der Waals surface area contributed by atoms with Crippen LogP contribution in [0, 0.1) is 35.5 Å². The molecule has 0 spiro atoms. The number of likely N-dealkylation sites (tertiary alicyclic amines) is 2. The smallest absolute Gasteiger partial charge is 0.328 e. The number of amides is 4. The second kappa shape index (κ2) is 19.8. The van der Waals surface area contributed by atoms with E-state index in [1.807, 2.05) is 55.4 Å². The van der Waals surface area contributed by atoms with Gasteiger partial charge in [-0.05, 0) is 54.8 Å². The van der Waals surface area contributed by atoms with Crippen LogP contribution in [-0.2, 0) is 38.2 Å². The fourth-order valence-corrected chi connectivity index (χ4v) is 6.80. The molecule has 2 heterocycles. The average molecular weight is 695 g/mol. The molecular formula is C35H62N6O8. The lowest BCUT2D eigenvalue weighted by atomic mass is 9.84. The number of nitrogens with one attached hydrogen (secondary N) is 4. The van der Waals surface area contributed by atoms with E-state index in [0.717, 1.165) is 6.42 Å². The zero-order valence-electron chi connectivity index (χ0n) is 31.3. The molecule has 49 heavy (non-hydrogen) atoms. The highest BCUT2D eigenvalue weighted by Gasteiger charge is 2.37. The number of rotatable bonds is 18. The summed E-state index contributed by atoms with van der Waals surface area (Å²) < 4.78 is 9.70. The Labute approximate surface area is 292 Å². The second-order valence-corrected chi connectivity index (χ2v) is 15.4. The van der Waals surface area contributed by atoms with Crippen LogP contribution in [0.2, 0.25) is 0 Å². The summed E-state index contributed by atoms with van der Waals surface area (Å²) in [6.45, 7) is 18.2. The first-order chi connectivity index (χ1) is 22.9. The molecule has 2 fully saturated rings. The van der Waals surface area contributed by atoms with Crippen molar-refractivity contribution in [2.45, 2.75) is 98.8 Å². The number of nitrogens with zero attached hydrogens (tertiary/aromatic N) is 2. The van der Waals surface area contributed by atoms with Gasteiger partial charge in [-0.2, -0.15) is 0 Å². The molecule has 2 saturated heterocycles. The molecule has 0 saturated carbocycles. The summed E-state index contributed by atoms with van der Waals surface area (Å²) in [7, 11) is 2.56. The van der Waals surface area contributed by atoms with Gasteiger partial charge >= 0.3 is 11.9 Å². The molecule has 14 nitrogen and oxygen atoms in total. The third-order valence-electron chi connectivity index (χ3n) is 9.02. The van der Waals surface area contributed by atoms with Gasteiger partial charge in [-0.25, -0.2) is 9.59 Å². The highest BCUT2D eigenvalue weighted by Crippen LogP contribution is 2.28. The summed E-state index contributed by atoms with van der Waals surface area (Å²) in [4.78, 5) is 81.4. The Morgan fingerprint density at radius 1 is 0.571 bits per heavy atom. The molecule has 2 bridgehead atoms. The third-order valence-corrected chi connectivity index (χ3v) is 9.02. The van der Waals surface area contributed by atoms with Gasteiger partial charge in [0.2, 0.25) is 23.6 Å². The summed E-state index contributed by atoms with van der Waals surface area (Å²) in [5, 5.41) is 11.3. The summed E-state index contributed by atoms with van der Waals surface area (Å²) in [6.07, 6.45) is 1.85. The molecule has 0 radical (unpaired) electrons. The van der Waals surface area contributed by atoms with E-state index in [1.54, 1.807) is 0 Å². The number of hydrogen-bond acceptors (Lipinski definition) is 10. The van der Waals surface area contributed by atoms with Gasteiger partial charge in [0.15, 0.2) is 0 Å². The van der Waals surface area contributed by atoms with Crippen LogP contribution in [0.5, 0.6) is 0 Å². The standard InChI is InChI=1S/C35H62N6O8/c1-20(2)11-26(32(44)38-30(22(5)6)34(46)48-9)36-28(42)18-40-14-24-13-25(15-40)17-41(16-24)19-29(43)37-27(12-21(3)4)33(45)39-31(23(7)8)35(47)49-10/h20-27,30-31H,11-19H2,1-10H3,(H,36,42)(H,37,43)(H,38,44)(H,39,45)/t24?,25?,26-,27-,30-,31-/m0/s1. The zero-order valence-corrected chi connectivity index (χ0v) is 31.3. The van der Waals surface area contributed by atoms with Crippen molar-refractivity contribution in [2.75, 3.05) is 53.5 Å². The van der Waals surface area contributed by atoms with E-state index in [-0.39, 0.29) is 60.4 Å². The number of fused-ring (bicyclic) bond motifs is 2. The van der Waals surface area contributed by atoms with Crippen LogP contribution in [0.3, 0.4) is 0 Å². The lowest BCUT2D eigenvalue weighted by molar-refractivity contribution is -0.147. The zero-order chi connectivity index (χ0) is 37.0. The Hall–Kier alpha value is -3.26. The van der Waals surface area contributed by atoms with E-state index in [9.17, 15) is 28.8 Å². The maximum atomic E-state index is 13.2. The van der Waals surface area contributed by atoms with Gasteiger partial charge in [-0.1, -0.05) is 55.4 Å². The quantitative estimate of drug-likeness (QED) is 0.151. The topological polar surface area (TPSA) is 175 Å². The largest absolute Gasteiger partial charge is 0.467 e. The number of hydrogen-bond donors (Lipinski definition) is 4. The summed E-state index contributed by atoms with van der Waals surface area (Å²) in [5.41, 5.74) is 0. The van der Waals surface area contributed by atoms with Crippen LogP contribution in [-0.4, -0.2) is 123 Å². The average Bonchev–Trinajstić information content (AvgIpc) is 2.99. The van der Waals surface area contributed by atoms with E-state index < -0.39 is 47.9 Å². The highest BCUT2D eigenvalue weighted by molar-refractivity contribution is 5.92. The van der Waals surface area contributed by atoms with Crippen LogP contribution >= 0.6 is 0 Å². The Bertz CT molecular complexity index is 1050. The molecule has 2 aliphatic heterocycles. The Morgan fingerprint density at radius 3 is 1.16 bits per heavy atom. The van der Waals surface area contributed by atoms with Gasteiger partial charge < -0.3 is 30.7 Å². The van der Waals surface area contributed by atoms with Crippen molar-refractivity contribution in [1.82, 2.24) is 31.1 Å². The number of esters is 2. The number of carbonyl (C=O) groups is 6. The third kappa shape index (κ3) is 13.9. The number of methoxy groups -OCH3 is 2. The first-order valence-corrected chi connectivity index (χ1v) is 17.7. The minimum absolute atomic E-state index is 0.135. The van der Waals surface area contributed by atoms with Gasteiger partial charge in [0.25, 0.3) is 0 Å². The molecular weight excluding hydrogens is 632 g/mol. The predicted octanol–water partition coefficient (Wildman–Crippen LogP) is 0.930. The molecule has 14 heteroatoms. The first kappa shape index (κ1) is 41.9. The summed E-state index contributed by atoms with van der Waals surface area (Å²) in [5.74, 6) is -1.95. The fraction of sp³-hybridized carbons (Fsp3) is 0.829. The number of carbonyl (C=O) groups excluding carboxylic acids is 6. The van der Waals surface area contributed by atoms with Crippen LogP contribution in [0.4, 0.5) is 0 Å². The molecule has 0 unspecified atom stereocenters. The number of ether oxygens (including phenoxy) is 2. The normalized spacial score (nSPS) is 20.7. The van der Waals surface area contributed by atoms with E-state index >= 15 is 0 Å². The Kier molecular flexibility index (Phi) is 16.9. The van der Waals surface area contributed by atoms with Crippen molar-refractivity contribution in [3.63, 3.8) is 0 Å². The van der Waals surface area contributed by atoms with E-state index in [4.69, 9.17) is 9.47 Å². The van der Waals surface area contributed by atoms with Crippen LogP contribution in [0.15, 0.2) is 0 Å². The second-order valence-electron chi connectivity index (χ2n) is 15.4. The minimum Gasteiger partial charge on any atom is -0.467 e. The molecule has 2 aliphatic rings. The SMILES string of the molecule is COC(=O)[C@@H](NC(=O)[C@H](CC(C)C)NC(=O)CN1CC2CC(C1)CN(CC(=O)N[C@@H](CC(C)C)C(=O)N[C@H](C(=O)OC)C(C)C)C2)C(C)C. The molecule has 4 amide bonds. The molecule has 4 N–H and O–H groups in total. The van der Waals surface area contributed by atoms with E-state index in [2.05, 4.69) is 31.1 Å². The van der Waals surface area contributed by atoms with Gasteiger partial charge in [0, 0.05) is 26.2 Å². The van der Waals surface area contributed by atoms with Crippen molar-refractivity contribution in [1.29, 1.82) is 0 Å². The van der Waals surface area contributed by atoms with Crippen LogP contribution < -0.4 is 21.3 Å². The van der Waals surface area contributed by atoms with Gasteiger partial charge in [-0.3, -0.25) is 29.0 Å². The lowest BCUT2D eigenvalue weighted by Gasteiger charge is -2.45. The van der Waals surface area contributed by atoms with Crippen molar-refractivity contribution < 1.29 is 38.2 Å². The van der Waals surface area contributed by atoms with Crippen LogP contribution in [0.1, 0.15) is 74.7 Å². The molecule has 280 valence electrons. The monoisotopic (exact) mass is 694 g/mol. The molecule has 0 aromatic rings.